The van der Waals surface area contributed by atoms with Crippen molar-refractivity contribution >= 4 is 5.69 Å². The highest BCUT2D eigenvalue weighted by Crippen LogP contribution is 2.28. The van der Waals surface area contributed by atoms with E-state index in [0.29, 0.717) is 12.1 Å². The minimum absolute atomic E-state index is 0.310. The summed E-state index contributed by atoms with van der Waals surface area (Å²) in [6.07, 6.45) is 6.32. The lowest BCUT2D eigenvalue weighted by Crippen LogP contribution is -2.51. The van der Waals surface area contributed by atoms with Gasteiger partial charge in [0.25, 0.3) is 0 Å². The summed E-state index contributed by atoms with van der Waals surface area (Å²) in [4.78, 5) is 14.0. The summed E-state index contributed by atoms with van der Waals surface area (Å²) < 4.78 is 6.13. The molecule has 0 aliphatic carbocycles. The Morgan fingerprint density at radius 2 is 2.04 bits per heavy atom. The monoisotopic (exact) mass is 338 g/mol. The Morgan fingerprint density at radius 1 is 1.12 bits per heavy atom. The second kappa shape index (κ2) is 7.50. The first kappa shape index (κ1) is 16.5. The maximum atomic E-state index is 6.13. The fraction of sp³-hybridized carbons (Fsp3) is 0.500. The number of aryl methyl sites for hydroxylation is 1. The van der Waals surface area contributed by atoms with Gasteiger partial charge in [-0.15, -0.1) is 0 Å². The predicted molar refractivity (Wildman–Crippen MR) is 98.6 cm³/mol. The molecule has 0 N–H and O–H groups in total. The van der Waals surface area contributed by atoms with Crippen LogP contribution in [-0.4, -0.2) is 53.3 Å². The van der Waals surface area contributed by atoms with Crippen molar-refractivity contribution in [3.8, 4) is 0 Å². The zero-order chi connectivity index (χ0) is 17.1. The van der Waals surface area contributed by atoms with Crippen molar-refractivity contribution in [1.29, 1.82) is 0 Å². The molecule has 2 atom stereocenters. The SMILES string of the molecule is Cc1cccc(CN2CCC3OCCN(c4cccnc4)C3CC2)n1. The average molecular weight is 338 g/mol. The quantitative estimate of drug-likeness (QED) is 0.861. The molecule has 2 unspecified atom stereocenters. The van der Waals surface area contributed by atoms with Crippen LogP contribution in [0.15, 0.2) is 42.7 Å². The molecule has 2 fully saturated rings. The van der Waals surface area contributed by atoms with Crippen LogP contribution in [-0.2, 0) is 11.3 Å². The van der Waals surface area contributed by atoms with Crippen LogP contribution in [0.1, 0.15) is 24.2 Å². The molecule has 5 nitrogen and oxygen atoms in total. The molecule has 2 aliphatic rings. The highest BCUT2D eigenvalue weighted by molar-refractivity contribution is 5.45. The Morgan fingerprint density at radius 3 is 2.88 bits per heavy atom. The molecular weight excluding hydrogens is 312 g/mol. The summed E-state index contributed by atoms with van der Waals surface area (Å²) in [6.45, 7) is 6.88. The summed E-state index contributed by atoms with van der Waals surface area (Å²) >= 11 is 0. The largest absolute Gasteiger partial charge is 0.374 e. The number of morpholine rings is 1. The van der Waals surface area contributed by atoms with Gasteiger partial charge in [-0.3, -0.25) is 14.9 Å². The number of ether oxygens (including phenoxy) is 1. The molecule has 5 heteroatoms. The fourth-order valence-corrected chi connectivity index (χ4v) is 4.05. The van der Waals surface area contributed by atoms with Crippen molar-refractivity contribution in [2.24, 2.45) is 0 Å². The van der Waals surface area contributed by atoms with Gasteiger partial charge in [0.05, 0.1) is 36.3 Å². The van der Waals surface area contributed by atoms with E-state index in [0.717, 1.165) is 57.0 Å². The topological polar surface area (TPSA) is 41.5 Å². The van der Waals surface area contributed by atoms with Crippen LogP contribution in [0, 0.1) is 6.92 Å². The second-order valence-electron chi connectivity index (χ2n) is 7.01. The van der Waals surface area contributed by atoms with Gasteiger partial charge in [-0.05, 0) is 44.0 Å². The van der Waals surface area contributed by atoms with Crippen molar-refractivity contribution < 1.29 is 4.74 Å². The molecule has 4 heterocycles. The third-order valence-corrected chi connectivity index (χ3v) is 5.27. The summed E-state index contributed by atoms with van der Waals surface area (Å²) in [6, 6.07) is 10.9. The number of hydrogen-bond donors (Lipinski definition) is 0. The maximum absolute atomic E-state index is 6.13. The summed E-state index contributed by atoms with van der Waals surface area (Å²) in [5, 5.41) is 0. The van der Waals surface area contributed by atoms with E-state index >= 15 is 0 Å². The molecule has 25 heavy (non-hydrogen) atoms. The molecule has 0 saturated carbocycles. The molecule has 2 aromatic rings. The number of rotatable bonds is 3. The summed E-state index contributed by atoms with van der Waals surface area (Å²) in [5.74, 6) is 0. The van der Waals surface area contributed by atoms with Gasteiger partial charge in [-0.1, -0.05) is 6.07 Å². The van der Waals surface area contributed by atoms with Crippen LogP contribution < -0.4 is 4.90 Å². The van der Waals surface area contributed by atoms with E-state index in [1.165, 1.54) is 5.69 Å². The number of nitrogens with zero attached hydrogens (tertiary/aromatic N) is 4. The smallest absolute Gasteiger partial charge is 0.0791 e. The molecule has 0 bridgehead atoms. The molecule has 0 amide bonds. The van der Waals surface area contributed by atoms with Crippen LogP contribution in [0.2, 0.25) is 0 Å². The first-order chi connectivity index (χ1) is 12.3. The zero-order valence-corrected chi connectivity index (χ0v) is 14.8. The van der Waals surface area contributed by atoms with E-state index in [-0.39, 0.29) is 0 Å². The van der Waals surface area contributed by atoms with Crippen molar-refractivity contribution in [2.45, 2.75) is 38.5 Å². The van der Waals surface area contributed by atoms with E-state index in [4.69, 9.17) is 4.74 Å². The zero-order valence-electron chi connectivity index (χ0n) is 14.8. The van der Waals surface area contributed by atoms with Gasteiger partial charge >= 0.3 is 0 Å². The molecule has 132 valence electrons. The van der Waals surface area contributed by atoms with Crippen LogP contribution in [0.3, 0.4) is 0 Å². The molecule has 2 saturated heterocycles. The lowest BCUT2D eigenvalue weighted by molar-refractivity contribution is 0.00892. The van der Waals surface area contributed by atoms with Crippen molar-refractivity contribution in [1.82, 2.24) is 14.9 Å². The average Bonchev–Trinajstić information content (AvgIpc) is 2.85. The number of anilines is 1. The first-order valence-electron chi connectivity index (χ1n) is 9.23. The molecule has 0 aromatic carbocycles. The molecule has 2 aliphatic heterocycles. The Hall–Kier alpha value is -1.98. The number of fused-ring (bicyclic) bond motifs is 1. The standard InChI is InChI=1S/C20H26N4O/c1-16-4-2-5-17(22-16)15-23-10-7-19-20(8-11-23)25-13-12-24(19)18-6-3-9-21-14-18/h2-6,9,14,19-20H,7-8,10-13,15H2,1H3. The third kappa shape index (κ3) is 3.83. The fourth-order valence-electron chi connectivity index (χ4n) is 4.05. The van der Waals surface area contributed by atoms with Gasteiger partial charge in [0.15, 0.2) is 0 Å². The first-order valence-corrected chi connectivity index (χ1v) is 9.23. The van der Waals surface area contributed by atoms with Gasteiger partial charge < -0.3 is 9.64 Å². The van der Waals surface area contributed by atoms with Crippen LogP contribution in [0.5, 0.6) is 0 Å². The number of pyridine rings is 2. The second-order valence-corrected chi connectivity index (χ2v) is 7.01. The normalized spacial score (nSPS) is 24.6. The summed E-state index contributed by atoms with van der Waals surface area (Å²) in [7, 11) is 0. The minimum atomic E-state index is 0.310. The molecular formula is C20H26N4O. The molecule has 0 spiro atoms. The Kier molecular flexibility index (Phi) is 4.95. The lowest BCUT2D eigenvalue weighted by Gasteiger charge is -2.41. The van der Waals surface area contributed by atoms with Crippen molar-refractivity contribution in [3.05, 3.63) is 54.1 Å². The Bertz CT molecular complexity index is 693. The van der Waals surface area contributed by atoms with E-state index < -0.39 is 0 Å². The molecule has 0 radical (unpaired) electrons. The van der Waals surface area contributed by atoms with Crippen molar-refractivity contribution in [2.75, 3.05) is 31.1 Å². The van der Waals surface area contributed by atoms with Gasteiger partial charge in [-0.2, -0.15) is 0 Å². The van der Waals surface area contributed by atoms with Crippen molar-refractivity contribution in [3.63, 3.8) is 0 Å². The van der Waals surface area contributed by atoms with E-state index in [1.54, 1.807) is 0 Å². The van der Waals surface area contributed by atoms with Crippen LogP contribution in [0.4, 0.5) is 5.69 Å². The van der Waals surface area contributed by atoms with E-state index in [9.17, 15) is 0 Å². The number of aromatic nitrogens is 2. The molecule has 2 aromatic heterocycles. The highest BCUT2D eigenvalue weighted by atomic mass is 16.5. The Balaban J connectivity index is 1.46. The van der Waals surface area contributed by atoms with Crippen LogP contribution >= 0.6 is 0 Å². The maximum Gasteiger partial charge on any atom is 0.0791 e. The van der Waals surface area contributed by atoms with E-state index in [2.05, 4.69) is 51.0 Å². The van der Waals surface area contributed by atoms with Gasteiger partial charge in [-0.25, -0.2) is 0 Å². The van der Waals surface area contributed by atoms with Crippen LogP contribution in [0.25, 0.3) is 0 Å². The number of likely N-dealkylation sites (tertiary alicyclic amines) is 1. The Labute approximate surface area is 149 Å². The predicted octanol–water partition coefficient (Wildman–Crippen LogP) is 2.65. The molecule has 4 rings (SSSR count). The lowest BCUT2D eigenvalue weighted by atomic mass is 10.0. The van der Waals surface area contributed by atoms with E-state index in [1.807, 2.05) is 18.5 Å². The summed E-state index contributed by atoms with van der Waals surface area (Å²) in [5.41, 5.74) is 3.47. The van der Waals surface area contributed by atoms with Gasteiger partial charge in [0.1, 0.15) is 0 Å². The number of hydrogen-bond acceptors (Lipinski definition) is 5. The minimum Gasteiger partial charge on any atom is -0.374 e. The highest BCUT2D eigenvalue weighted by Gasteiger charge is 2.34. The van der Waals surface area contributed by atoms with Gasteiger partial charge in [0, 0.05) is 38.1 Å². The third-order valence-electron chi connectivity index (χ3n) is 5.27. The van der Waals surface area contributed by atoms with Gasteiger partial charge in [0.2, 0.25) is 0 Å².